The van der Waals surface area contributed by atoms with Crippen LogP contribution < -0.4 is 4.90 Å². The summed E-state index contributed by atoms with van der Waals surface area (Å²) in [5.74, 6) is -3.46. The van der Waals surface area contributed by atoms with E-state index in [1.807, 2.05) is 24.3 Å². The second-order valence-electron chi connectivity index (χ2n) is 8.92. The molecule has 7 rings (SSSR count). The number of hydrogen-bond donors (Lipinski definition) is 1. The summed E-state index contributed by atoms with van der Waals surface area (Å²) in [5.41, 5.74) is 1.94. The molecule has 1 saturated heterocycles. The summed E-state index contributed by atoms with van der Waals surface area (Å²) in [6.45, 7) is 1.63. The van der Waals surface area contributed by atoms with Crippen LogP contribution in [0.4, 0.5) is 5.69 Å². The van der Waals surface area contributed by atoms with E-state index in [9.17, 15) is 19.7 Å². The Labute approximate surface area is 194 Å². The molecule has 2 atom stereocenters. The SMILES string of the molecule is CC(=NO)c1ccc(N2C(=O)C3C4c5ccccc5C([N+](=O)[O-])(c5ccccc54)C3C2=O)cc1. The Morgan fingerprint density at radius 2 is 1.50 bits per heavy atom. The van der Waals surface area contributed by atoms with Crippen molar-refractivity contribution in [1.82, 2.24) is 0 Å². The lowest BCUT2D eigenvalue weighted by molar-refractivity contribution is -0.578. The number of hydrogen-bond acceptors (Lipinski definition) is 6. The topological polar surface area (TPSA) is 113 Å². The van der Waals surface area contributed by atoms with Gasteiger partial charge in [0.2, 0.25) is 11.8 Å². The molecule has 0 radical (unpaired) electrons. The lowest BCUT2D eigenvalue weighted by atomic mass is 9.51. The molecule has 0 spiro atoms. The van der Waals surface area contributed by atoms with Crippen molar-refractivity contribution in [3.8, 4) is 0 Å². The van der Waals surface area contributed by atoms with Gasteiger partial charge in [-0.05, 0) is 35.7 Å². The molecule has 3 aromatic carbocycles. The molecule has 8 nitrogen and oxygen atoms in total. The molecule has 1 N–H and O–H groups in total. The Hall–Kier alpha value is -4.33. The summed E-state index contributed by atoms with van der Waals surface area (Å²) in [4.78, 5) is 41.3. The van der Waals surface area contributed by atoms with Gasteiger partial charge in [0, 0.05) is 22.0 Å². The number of anilines is 1. The van der Waals surface area contributed by atoms with E-state index in [0.717, 1.165) is 16.0 Å². The maximum Gasteiger partial charge on any atom is 0.285 e. The van der Waals surface area contributed by atoms with Gasteiger partial charge in [-0.15, -0.1) is 0 Å². The average Bonchev–Trinajstić information content (AvgIpc) is 3.14. The number of benzene rings is 3. The predicted octanol–water partition coefficient (Wildman–Crippen LogP) is 3.67. The molecule has 4 aliphatic rings. The molecule has 3 aromatic rings. The molecule has 8 heteroatoms. The minimum Gasteiger partial charge on any atom is -0.411 e. The zero-order valence-electron chi connectivity index (χ0n) is 18.1. The van der Waals surface area contributed by atoms with E-state index in [-0.39, 0.29) is 4.92 Å². The summed E-state index contributed by atoms with van der Waals surface area (Å²) < 4.78 is 0. The maximum atomic E-state index is 13.9. The number of nitro groups is 1. The largest absolute Gasteiger partial charge is 0.411 e. The van der Waals surface area contributed by atoms with Crippen molar-refractivity contribution in [3.05, 3.63) is 111 Å². The van der Waals surface area contributed by atoms with Gasteiger partial charge < -0.3 is 5.21 Å². The highest BCUT2D eigenvalue weighted by atomic mass is 16.6. The van der Waals surface area contributed by atoms with Crippen molar-refractivity contribution in [3.63, 3.8) is 0 Å². The van der Waals surface area contributed by atoms with Gasteiger partial charge in [0.25, 0.3) is 5.54 Å². The smallest absolute Gasteiger partial charge is 0.285 e. The maximum absolute atomic E-state index is 13.9. The zero-order chi connectivity index (χ0) is 23.8. The molecule has 1 aliphatic heterocycles. The van der Waals surface area contributed by atoms with E-state index in [2.05, 4.69) is 5.16 Å². The zero-order valence-corrected chi connectivity index (χ0v) is 18.1. The number of carbonyl (C=O) groups excluding carboxylic acids is 2. The predicted molar refractivity (Wildman–Crippen MR) is 122 cm³/mol. The minimum absolute atomic E-state index is 0.338. The molecule has 1 fully saturated rings. The molecule has 2 bridgehead atoms. The van der Waals surface area contributed by atoms with Gasteiger partial charge in [0.05, 0.1) is 17.3 Å². The van der Waals surface area contributed by atoms with Crippen LogP contribution in [-0.2, 0) is 15.1 Å². The summed E-state index contributed by atoms with van der Waals surface area (Å²) in [7, 11) is 0. The molecule has 2 unspecified atom stereocenters. The third kappa shape index (κ3) is 2.24. The quantitative estimate of drug-likeness (QED) is 0.214. The van der Waals surface area contributed by atoms with Crippen LogP contribution in [0, 0.1) is 22.0 Å². The van der Waals surface area contributed by atoms with Crippen molar-refractivity contribution in [2.45, 2.75) is 18.4 Å². The first-order chi connectivity index (χ1) is 16.4. The number of carbonyl (C=O) groups is 2. The molecule has 0 saturated carbocycles. The lowest BCUT2D eigenvalue weighted by Crippen LogP contribution is -2.57. The number of rotatable bonds is 3. The monoisotopic (exact) mass is 453 g/mol. The minimum atomic E-state index is -1.84. The molecule has 0 aromatic heterocycles. The van der Waals surface area contributed by atoms with E-state index >= 15 is 0 Å². The Balaban J connectivity index is 1.58. The van der Waals surface area contributed by atoms with E-state index in [0.29, 0.717) is 28.1 Å². The Morgan fingerprint density at radius 3 is 2.03 bits per heavy atom. The van der Waals surface area contributed by atoms with E-state index < -0.39 is 35.1 Å². The van der Waals surface area contributed by atoms with Crippen LogP contribution in [0.5, 0.6) is 0 Å². The van der Waals surface area contributed by atoms with Crippen LogP contribution in [0.2, 0.25) is 0 Å². The number of nitrogens with zero attached hydrogens (tertiary/aromatic N) is 3. The van der Waals surface area contributed by atoms with Crippen molar-refractivity contribution in [2.75, 3.05) is 4.90 Å². The fourth-order valence-electron chi connectivity index (χ4n) is 6.21. The van der Waals surface area contributed by atoms with Crippen LogP contribution >= 0.6 is 0 Å². The van der Waals surface area contributed by atoms with Crippen molar-refractivity contribution in [2.24, 2.45) is 17.0 Å². The second-order valence-corrected chi connectivity index (χ2v) is 8.92. The molecule has 168 valence electrons. The van der Waals surface area contributed by atoms with Crippen LogP contribution in [0.3, 0.4) is 0 Å². The van der Waals surface area contributed by atoms with Gasteiger partial charge in [-0.3, -0.25) is 19.7 Å². The third-order valence-corrected chi connectivity index (χ3v) is 7.55. The Kier molecular flexibility index (Phi) is 4.08. The van der Waals surface area contributed by atoms with E-state index in [4.69, 9.17) is 5.21 Å². The van der Waals surface area contributed by atoms with Crippen LogP contribution in [0.25, 0.3) is 0 Å². The van der Waals surface area contributed by atoms with E-state index in [1.165, 1.54) is 0 Å². The van der Waals surface area contributed by atoms with Gasteiger partial charge in [-0.2, -0.15) is 0 Å². The first kappa shape index (κ1) is 20.3. The van der Waals surface area contributed by atoms with Crippen LogP contribution in [0.1, 0.15) is 40.7 Å². The van der Waals surface area contributed by atoms with Gasteiger partial charge in [0.1, 0.15) is 5.92 Å². The summed E-state index contributed by atoms with van der Waals surface area (Å²) in [6.07, 6.45) is 0. The highest BCUT2D eigenvalue weighted by molar-refractivity contribution is 6.23. The summed E-state index contributed by atoms with van der Waals surface area (Å²) in [6, 6.07) is 20.7. The number of imide groups is 1. The van der Waals surface area contributed by atoms with Gasteiger partial charge in [-0.1, -0.05) is 65.8 Å². The van der Waals surface area contributed by atoms with Crippen molar-refractivity contribution >= 4 is 23.2 Å². The average molecular weight is 453 g/mol. The normalized spacial score (nSPS) is 26.8. The van der Waals surface area contributed by atoms with Gasteiger partial charge in [0.15, 0.2) is 0 Å². The van der Waals surface area contributed by atoms with Crippen LogP contribution in [-0.4, -0.2) is 27.7 Å². The van der Waals surface area contributed by atoms with Gasteiger partial charge >= 0.3 is 0 Å². The Bertz CT molecular complexity index is 1380. The van der Waals surface area contributed by atoms with E-state index in [1.54, 1.807) is 55.5 Å². The summed E-state index contributed by atoms with van der Waals surface area (Å²) in [5, 5.41) is 25.1. The summed E-state index contributed by atoms with van der Waals surface area (Å²) >= 11 is 0. The standard InChI is InChI=1S/C26H19N3O5/c1-14(27-32)15-10-12-16(13-11-15)28-24(30)22-21-17-6-2-4-8-19(17)26(29(33)34,23(22)25(28)31)20-9-5-3-7-18(20)21/h2-13,21-23,32H,1H3. The Morgan fingerprint density at radius 1 is 0.941 bits per heavy atom. The first-order valence-corrected chi connectivity index (χ1v) is 10.9. The highest BCUT2D eigenvalue weighted by Gasteiger charge is 2.74. The first-order valence-electron chi connectivity index (χ1n) is 10.9. The molecule has 1 heterocycles. The molecular weight excluding hydrogens is 434 g/mol. The highest BCUT2D eigenvalue weighted by Crippen LogP contribution is 2.64. The second kappa shape index (κ2) is 6.84. The van der Waals surface area contributed by atoms with Crippen LogP contribution in [0.15, 0.2) is 78.0 Å². The van der Waals surface area contributed by atoms with Crippen molar-refractivity contribution in [1.29, 1.82) is 0 Å². The van der Waals surface area contributed by atoms with Gasteiger partial charge in [-0.25, -0.2) is 4.90 Å². The number of amides is 2. The molecule has 34 heavy (non-hydrogen) atoms. The third-order valence-electron chi connectivity index (χ3n) is 7.55. The molecule has 2 amide bonds. The fraction of sp³-hybridized carbons (Fsp3) is 0.192. The molecule has 3 aliphatic carbocycles. The van der Waals surface area contributed by atoms with Crippen molar-refractivity contribution < 1.29 is 19.7 Å². The number of oxime groups is 1. The fourth-order valence-corrected chi connectivity index (χ4v) is 6.21. The lowest BCUT2D eigenvalue weighted by Gasteiger charge is -2.48. The molecular formula is C26H19N3O5.